The molecule has 0 bridgehead atoms. The van der Waals surface area contributed by atoms with Crippen molar-refractivity contribution in [2.75, 3.05) is 47.5 Å². The number of nitrogens with zero attached hydrogens (tertiary/aromatic N) is 1. The molecule has 0 aliphatic rings. The van der Waals surface area contributed by atoms with E-state index in [-0.39, 0.29) is 26.1 Å². The molecule has 0 aromatic rings. The van der Waals surface area contributed by atoms with Gasteiger partial charge in [-0.05, 0) is 77.0 Å². The van der Waals surface area contributed by atoms with Crippen molar-refractivity contribution in [3.05, 3.63) is 85.1 Å². The van der Waals surface area contributed by atoms with Crippen molar-refractivity contribution in [3.8, 4) is 0 Å². The van der Waals surface area contributed by atoms with Gasteiger partial charge in [0.1, 0.15) is 19.8 Å². The van der Waals surface area contributed by atoms with E-state index in [4.69, 9.17) is 18.5 Å². The Morgan fingerprint density at radius 1 is 0.582 bits per heavy atom. The van der Waals surface area contributed by atoms with E-state index in [1.807, 2.05) is 27.2 Å². The van der Waals surface area contributed by atoms with Gasteiger partial charge >= 0.3 is 11.9 Å². The van der Waals surface area contributed by atoms with Gasteiger partial charge in [0, 0.05) is 12.8 Å². The lowest BCUT2D eigenvalue weighted by molar-refractivity contribution is -0.870. The highest BCUT2D eigenvalue weighted by Gasteiger charge is 2.21. The Hall–Kier alpha value is -2.81. The van der Waals surface area contributed by atoms with E-state index in [0.717, 1.165) is 83.5 Å². The molecule has 0 saturated heterocycles. The van der Waals surface area contributed by atoms with E-state index in [0.29, 0.717) is 23.9 Å². The van der Waals surface area contributed by atoms with E-state index in [1.165, 1.54) is 12.8 Å². The fourth-order valence-electron chi connectivity index (χ4n) is 4.88. The number of hydrogen-bond donors (Lipinski definition) is 0. The summed E-state index contributed by atoms with van der Waals surface area (Å²) in [6.45, 7) is 3.95. The lowest BCUT2D eigenvalue weighted by atomic mass is 10.1. The number of phosphoric acid groups is 1. The predicted molar refractivity (Wildman–Crippen MR) is 226 cm³/mol. The largest absolute Gasteiger partial charge is 0.756 e. The van der Waals surface area contributed by atoms with Crippen LogP contribution in [0.2, 0.25) is 0 Å². The molecular formula is C45H76NO8P. The molecule has 0 aromatic carbocycles. The smallest absolute Gasteiger partial charge is 0.306 e. The monoisotopic (exact) mass is 790 g/mol. The zero-order chi connectivity index (χ0) is 40.7. The number of phosphoric ester groups is 1. The van der Waals surface area contributed by atoms with Crippen molar-refractivity contribution >= 4 is 19.8 Å². The summed E-state index contributed by atoms with van der Waals surface area (Å²) in [4.78, 5) is 37.4. The molecule has 0 fully saturated rings. The second-order valence-electron chi connectivity index (χ2n) is 14.6. The molecule has 0 saturated carbocycles. The van der Waals surface area contributed by atoms with Crippen LogP contribution in [0.25, 0.3) is 0 Å². The summed E-state index contributed by atoms with van der Waals surface area (Å²) >= 11 is 0. The van der Waals surface area contributed by atoms with Crippen LogP contribution in [-0.2, 0) is 32.7 Å². The Balaban J connectivity index is 4.53. The fraction of sp³-hybridized carbons (Fsp3) is 0.644. The van der Waals surface area contributed by atoms with Crippen LogP contribution in [0.1, 0.15) is 136 Å². The molecule has 0 aliphatic heterocycles. The zero-order valence-corrected chi connectivity index (χ0v) is 36.0. The number of allylic oxidation sites excluding steroid dienone is 14. The summed E-state index contributed by atoms with van der Waals surface area (Å²) < 4.78 is 33.7. The van der Waals surface area contributed by atoms with Crippen LogP contribution < -0.4 is 4.89 Å². The molecule has 314 valence electrons. The van der Waals surface area contributed by atoms with Crippen LogP contribution in [0.4, 0.5) is 0 Å². The summed E-state index contributed by atoms with van der Waals surface area (Å²) in [6, 6.07) is 0. The molecule has 55 heavy (non-hydrogen) atoms. The Kier molecular flexibility index (Phi) is 34.9. The summed E-state index contributed by atoms with van der Waals surface area (Å²) in [6.07, 6.45) is 46.2. The van der Waals surface area contributed by atoms with Crippen molar-refractivity contribution < 1.29 is 42.1 Å². The van der Waals surface area contributed by atoms with Gasteiger partial charge in [-0.15, -0.1) is 0 Å². The van der Waals surface area contributed by atoms with Gasteiger partial charge in [-0.2, -0.15) is 0 Å². The van der Waals surface area contributed by atoms with E-state index in [9.17, 15) is 19.0 Å². The van der Waals surface area contributed by atoms with E-state index < -0.39 is 32.5 Å². The Morgan fingerprint density at radius 2 is 1.05 bits per heavy atom. The van der Waals surface area contributed by atoms with Crippen LogP contribution in [0, 0.1) is 0 Å². The topological polar surface area (TPSA) is 111 Å². The Labute approximate surface area is 335 Å². The number of unbranched alkanes of at least 4 members (excludes halogenated alkanes) is 8. The minimum atomic E-state index is -4.64. The van der Waals surface area contributed by atoms with Gasteiger partial charge in [0.15, 0.2) is 6.10 Å². The molecule has 0 radical (unpaired) electrons. The predicted octanol–water partition coefficient (Wildman–Crippen LogP) is 11.0. The van der Waals surface area contributed by atoms with E-state index >= 15 is 0 Å². The number of ether oxygens (including phenoxy) is 2. The van der Waals surface area contributed by atoms with Crippen LogP contribution in [0.3, 0.4) is 0 Å². The first kappa shape index (κ1) is 52.2. The second kappa shape index (κ2) is 36.8. The lowest BCUT2D eigenvalue weighted by Crippen LogP contribution is -2.37. The highest BCUT2D eigenvalue weighted by Crippen LogP contribution is 2.38. The van der Waals surface area contributed by atoms with Crippen molar-refractivity contribution in [2.24, 2.45) is 0 Å². The van der Waals surface area contributed by atoms with Gasteiger partial charge < -0.3 is 27.9 Å². The molecule has 0 amide bonds. The first-order valence-electron chi connectivity index (χ1n) is 20.8. The first-order valence-corrected chi connectivity index (χ1v) is 22.3. The molecule has 9 nitrogen and oxygen atoms in total. The van der Waals surface area contributed by atoms with Crippen LogP contribution in [-0.4, -0.2) is 70.0 Å². The molecule has 0 heterocycles. The summed E-state index contributed by atoms with van der Waals surface area (Å²) in [5.41, 5.74) is 0. The summed E-state index contributed by atoms with van der Waals surface area (Å²) in [5, 5.41) is 0. The van der Waals surface area contributed by atoms with Gasteiger partial charge in [-0.3, -0.25) is 14.2 Å². The van der Waals surface area contributed by atoms with Crippen LogP contribution in [0.15, 0.2) is 85.1 Å². The Morgan fingerprint density at radius 3 is 1.60 bits per heavy atom. The number of esters is 2. The van der Waals surface area contributed by atoms with Gasteiger partial charge in [0.05, 0.1) is 27.7 Å². The third-order valence-corrected chi connectivity index (χ3v) is 9.11. The highest BCUT2D eigenvalue weighted by atomic mass is 31.2. The molecule has 10 heteroatoms. The standard InChI is InChI=1S/C45H76NO8P/c1-6-8-10-12-14-16-18-20-22-23-24-26-27-29-31-33-35-37-44(47)51-41-43(42-53-55(49,50)52-40-39-46(3,4)5)54-45(48)38-36-34-32-30-28-25-21-19-17-15-13-11-9-7-2/h8,10,13-16,19-22,24,26,29,31,43H,6-7,9,11-12,17-18,23,25,27-28,30,32-42H2,1-5H3/b10-8-,15-13-,16-14-,21-19-,22-20-,26-24-,31-29-/t43-/m1/s1. The molecule has 0 spiro atoms. The molecule has 1 unspecified atom stereocenters. The molecule has 0 aliphatic carbocycles. The van der Waals surface area contributed by atoms with Gasteiger partial charge in [0.2, 0.25) is 0 Å². The van der Waals surface area contributed by atoms with Gasteiger partial charge in [0.25, 0.3) is 7.82 Å². The third-order valence-electron chi connectivity index (χ3n) is 8.15. The minimum Gasteiger partial charge on any atom is -0.756 e. The molecule has 0 N–H and O–H groups in total. The molecule has 2 atom stereocenters. The average Bonchev–Trinajstić information content (AvgIpc) is 3.13. The quantitative estimate of drug-likeness (QED) is 0.0203. The summed E-state index contributed by atoms with van der Waals surface area (Å²) in [5.74, 6) is -0.930. The van der Waals surface area contributed by atoms with Crippen molar-refractivity contribution in [2.45, 2.75) is 142 Å². The SMILES string of the molecule is CC/C=C\C/C=C\C/C=C\C/C=C\C/C=C\CCCC(=O)OC[C@H](COP(=O)([O-])OCC[N+](C)(C)C)OC(=O)CCCCCCC/C=C\C/C=C\CCCC. The zero-order valence-electron chi connectivity index (χ0n) is 35.1. The number of carbonyl (C=O) groups excluding carboxylic acids is 2. The number of rotatable bonds is 36. The van der Waals surface area contributed by atoms with Gasteiger partial charge in [-0.25, -0.2) is 0 Å². The number of likely N-dealkylation sites (N-methyl/N-ethyl adjacent to an activating group) is 1. The average molecular weight is 790 g/mol. The lowest BCUT2D eigenvalue weighted by Gasteiger charge is -2.28. The maximum Gasteiger partial charge on any atom is 0.306 e. The van der Waals surface area contributed by atoms with Crippen molar-refractivity contribution in [1.82, 2.24) is 0 Å². The number of hydrogen-bond acceptors (Lipinski definition) is 8. The first-order chi connectivity index (χ1) is 26.5. The maximum atomic E-state index is 12.6. The van der Waals surface area contributed by atoms with Gasteiger partial charge in [-0.1, -0.05) is 131 Å². The normalized spacial score (nSPS) is 14.5. The minimum absolute atomic E-state index is 0.0473. The molecule has 0 aromatic heterocycles. The molecular weight excluding hydrogens is 713 g/mol. The fourth-order valence-corrected chi connectivity index (χ4v) is 5.61. The van der Waals surface area contributed by atoms with E-state index in [1.54, 1.807) is 0 Å². The third kappa shape index (κ3) is 40.7. The second-order valence-corrected chi connectivity index (χ2v) is 16.0. The van der Waals surface area contributed by atoms with E-state index in [2.05, 4.69) is 92.8 Å². The Bertz CT molecular complexity index is 1210. The summed E-state index contributed by atoms with van der Waals surface area (Å²) in [7, 11) is 1.11. The highest BCUT2D eigenvalue weighted by molar-refractivity contribution is 7.45. The van der Waals surface area contributed by atoms with Crippen molar-refractivity contribution in [3.63, 3.8) is 0 Å². The van der Waals surface area contributed by atoms with Crippen LogP contribution >= 0.6 is 7.82 Å². The number of carbonyl (C=O) groups is 2. The maximum absolute atomic E-state index is 12.6. The number of quaternary nitrogens is 1. The van der Waals surface area contributed by atoms with Crippen LogP contribution in [0.5, 0.6) is 0 Å². The molecule has 0 rings (SSSR count). The van der Waals surface area contributed by atoms with Crippen molar-refractivity contribution in [1.29, 1.82) is 0 Å².